The fourth-order valence-corrected chi connectivity index (χ4v) is 3.64. The molecule has 0 aliphatic rings. The number of aromatic amines is 1. The van der Waals surface area contributed by atoms with Crippen LogP contribution in [0.15, 0.2) is 77.6 Å². The second-order valence-corrected chi connectivity index (χ2v) is 7.92. The standard InChI is InChI=1S/C26H25N3O5/c1-16-6-10-20(11-7-16)27-22(30)15-29-25(32)23(28-26(29)33)24(31)19-5-3-4-18(14-19)17-8-12-21(34-2)13-9-17/h3-14,24,31-32H,15H2,1-2H3,(H,27,30)(H,28,33). The number of H-pyrrole nitrogens is 1. The number of amides is 1. The van der Waals surface area contributed by atoms with E-state index in [0.29, 0.717) is 11.3 Å². The van der Waals surface area contributed by atoms with Gasteiger partial charge in [-0.1, -0.05) is 48.0 Å². The molecule has 1 heterocycles. The van der Waals surface area contributed by atoms with E-state index in [1.165, 1.54) is 0 Å². The summed E-state index contributed by atoms with van der Waals surface area (Å²) in [6.45, 7) is 1.52. The van der Waals surface area contributed by atoms with Gasteiger partial charge in [0.15, 0.2) is 0 Å². The maximum atomic E-state index is 12.4. The number of ether oxygens (including phenoxy) is 1. The Morgan fingerprint density at radius 1 is 1.06 bits per heavy atom. The fraction of sp³-hybridized carbons (Fsp3) is 0.154. The van der Waals surface area contributed by atoms with E-state index in [1.807, 2.05) is 49.4 Å². The van der Waals surface area contributed by atoms with Gasteiger partial charge in [0.2, 0.25) is 11.8 Å². The number of aliphatic hydroxyl groups excluding tert-OH is 1. The van der Waals surface area contributed by atoms with E-state index in [9.17, 15) is 19.8 Å². The molecule has 8 nitrogen and oxygen atoms in total. The van der Waals surface area contributed by atoms with Crippen LogP contribution in [0.25, 0.3) is 11.1 Å². The molecule has 1 unspecified atom stereocenters. The van der Waals surface area contributed by atoms with E-state index < -0.39 is 30.1 Å². The van der Waals surface area contributed by atoms with Gasteiger partial charge in [0.1, 0.15) is 24.1 Å². The number of hydrogen-bond acceptors (Lipinski definition) is 5. The molecule has 0 saturated carbocycles. The van der Waals surface area contributed by atoms with Crippen molar-refractivity contribution in [2.24, 2.45) is 0 Å². The van der Waals surface area contributed by atoms with Gasteiger partial charge in [0.05, 0.1) is 7.11 Å². The Kier molecular flexibility index (Phi) is 6.51. The van der Waals surface area contributed by atoms with Crippen molar-refractivity contribution in [2.45, 2.75) is 19.6 Å². The van der Waals surface area contributed by atoms with Crippen molar-refractivity contribution < 1.29 is 19.7 Å². The van der Waals surface area contributed by atoms with Gasteiger partial charge in [0, 0.05) is 5.69 Å². The van der Waals surface area contributed by atoms with Crippen LogP contribution in [0.5, 0.6) is 11.6 Å². The molecule has 4 N–H and O–H groups in total. The summed E-state index contributed by atoms with van der Waals surface area (Å²) < 4.78 is 6.07. The van der Waals surface area contributed by atoms with Crippen molar-refractivity contribution in [1.29, 1.82) is 0 Å². The average molecular weight is 460 g/mol. The molecule has 0 aliphatic heterocycles. The quantitative estimate of drug-likeness (QED) is 0.337. The maximum Gasteiger partial charge on any atom is 0.329 e. The van der Waals surface area contributed by atoms with Crippen molar-refractivity contribution in [3.8, 4) is 22.8 Å². The minimum absolute atomic E-state index is 0.0833. The molecule has 8 heteroatoms. The second kappa shape index (κ2) is 9.68. The van der Waals surface area contributed by atoms with E-state index in [0.717, 1.165) is 27.0 Å². The molecule has 1 aromatic heterocycles. The topological polar surface area (TPSA) is 117 Å². The third kappa shape index (κ3) is 4.87. The molecule has 0 saturated heterocycles. The lowest BCUT2D eigenvalue weighted by molar-refractivity contribution is -0.116. The van der Waals surface area contributed by atoms with Gasteiger partial charge in [-0.3, -0.25) is 9.36 Å². The van der Waals surface area contributed by atoms with E-state index in [1.54, 1.807) is 37.4 Å². The fourth-order valence-electron chi connectivity index (χ4n) is 3.64. The van der Waals surface area contributed by atoms with Gasteiger partial charge in [-0.25, -0.2) is 4.79 Å². The molecular weight excluding hydrogens is 434 g/mol. The highest BCUT2D eigenvalue weighted by Gasteiger charge is 2.23. The van der Waals surface area contributed by atoms with Crippen molar-refractivity contribution in [1.82, 2.24) is 9.55 Å². The smallest absolute Gasteiger partial charge is 0.329 e. The van der Waals surface area contributed by atoms with Crippen LogP contribution in [0.1, 0.15) is 22.9 Å². The summed E-state index contributed by atoms with van der Waals surface area (Å²) in [6, 6.07) is 21.8. The molecule has 1 amide bonds. The van der Waals surface area contributed by atoms with Crippen LogP contribution in [0.3, 0.4) is 0 Å². The van der Waals surface area contributed by atoms with Crippen LogP contribution in [0, 0.1) is 6.92 Å². The highest BCUT2D eigenvalue weighted by Crippen LogP contribution is 2.30. The van der Waals surface area contributed by atoms with Crippen molar-refractivity contribution >= 4 is 11.6 Å². The Morgan fingerprint density at radius 3 is 2.44 bits per heavy atom. The first kappa shape index (κ1) is 22.9. The van der Waals surface area contributed by atoms with Crippen LogP contribution in [-0.2, 0) is 11.3 Å². The first-order valence-electron chi connectivity index (χ1n) is 10.7. The Morgan fingerprint density at radius 2 is 1.76 bits per heavy atom. The Labute approximate surface area is 196 Å². The van der Waals surface area contributed by atoms with E-state index >= 15 is 0 Å². The van der Waals surface area contributed by atoms with E-state index in [2.05, 4.69) is 10.3 Å². The highest BCUT2D eigenvalue weighted by atomic mass is 16.5. The Hall–Kier alpha value is -4.30. The molecule has 0 bridgehead atoms. The van der Waals surface area contributed by atoms with Crippen molar-refractivity contribution in [2.75, 3.05) is 12.4 Å². The number of nitrogens with one attached hydrogen (secondary N) is 2. The monoisotopic (exact) mass is 459 g/mol. The number of aliphatic hydroxyl groups is 1. The van der Waals surface area contributed by atoms with E-state index in [4.69, 9.17) is 4.74 Å². The summed E-state index contributed by atoms with van der Waals surface area (Å²) in [6.07, 6.45) is -1.30. The van der Waals surface area contributed by atoms with Gasteiger partial charge in [-0.2, -0.15) is 0 Å². The van der Waals surface area contributed by atoms with Crippen LogP contribution in [-0.4, -0.2) is 32.8 Å². The number of rotatable bonds is 7. The maximum absolute atomic E-state index is 12.4. The molecule has 0 fully saturated rings. The molecule has 4 rings (SSSR count). The number of nitrogens with zero attached hydrogens (tertiary/aromatic N) is 1. The second-order valence-electron chi connectivity index (χ2n) is 7.92. The first-order chi connectivity index (χ1) is 16.4. The largest absolute Gasteiger partial charge is 0.497 e. The molecule has 3 aromatic carbocycles. The van der Waals surface area contributed by atoms with Crippen LogP contribution in [0.4, 0.5) is 5.69 Å². The molecule has 0 aliphatic carbocycles. The molecule has 0 spiro atoms. The molecule has 1 atom stereocenters. The summed E-state index contributed by atoms with van der Waals surface area (Å²) in [7, 11) is 1.59. The third-order valence-electron chi connectivity index (χ3n) is 5.52. The number of hydrogen-bond donors (Lipinski definition) is 4. The number of benzene rings is 3. The zero-order chi connectivity index (χ0) is 24.2. The van der Waals surface area contributed by atoms with Crippen LogP contribution >= 0.6 is 0 Å². The minimum atomic E-state index is -1.30. The summed E-state index contributed by atoms with van der Waals surface area (Å²) in [4.78, 5) is 27.3. The van der Waals surface area contributed by atoms with Crippen LogP contribution in [0.2, 0.25) is 0 Å². The van der Waals surface area contributed by atoms with E-state index in [-0.39, 0.29) is 5.69 Å². The molecule has 0 radical (unpaired) electrons. The number of aromatic nitrogens is 2. The molecule has 174 valence electrons. The zero-order valence-electron chi connectivity index (χ0n) is 18.8. The predicted octanol–water partition coefficient (Wildman–Crippen LogP) is 3.59. The van der Waals surface area contributed by atoms with Gasteiger partial charge >= 0.3 is 5.69 Å². The molecule has 4 aromatic rings. The normalized spacial score (nSPS) is 11.7. The lowest BCUT2D eigenvalue weighted by Crippen LogP contribution is -2.25. The first-order valence-corrected chi connectivity index (χ1v) is 10.7. The van der Waals surface area contributed by atoms with Gasteiger partial charge in [-0.15, -0.1) is 0 Å². The summed E-state index contributed by atoms with van der Waals surface area (Å²) in [5.74, 6) is -0.246. The number of aryl methyl sites for hydroxylation is 1. The van der Waals surface area contributed by atoms with Gasteiger partial charge in [-0.05, 0) is 53.9 Å². The number of aromatic hydroxyl groups is 1. The third-order valence-corrected chi connectivity index (χ3v) is 5.52. The average Bonchev–Trinajstić information content (AvgIpc) is 3.13. The van der Waals surface area contributed by atoms with Crippen molar-refractivity contribution in [3.63, 3.8) is 0 Å². The number of imidazole rings is 1. The summed E-state index contributed by atoms with van der Waals surface area (Å²) in [5, 5.41) is 24.2. The van der Waals surface area contributed by atoms with Crippen LogP contribution < -0.4 is 15.7 Å². The van der Waals surface area contributed by atoms with Gasteiger partial charge < -0.3 is 25.3 Å². The zero-order valence-corrected chi connectivity index (χ0v) is 18.8. The summed E-state index contributed by atoms with van der Waals surface area (Å²) in [5.41, 5.74) is 3.08. The predicted molar refractivity (Wildman–Crippen MR) is 129 cm³/mol. The number of carbonyl (C=O) groups excluding carboxylic acids is 1. The number of carbonyl (C=O) groups is 1. The Bertz CT molecular complexity index is 1350. The number of anilines is 1. The Balaban J connectivity index is 1.54. The van der Waals surface area contributed by atoms with Crippen molar-refractivity contribution in [3.05, 3.63) is 100 Å². The lowest BCUT2D eigenvalue weighted by atomic mass is 9.99. The molecular formula is C26H25N3O5. The number of methoxy groups -OCH3 is 1. The minimum Gasteiger partial charge on any atom is -0.497 e. The highest BCUT2D eigenvalue weighted by molar-refractivity contribution is 5.90. The SMILES string of the molecule is COc1ccc(-c2cccc(C(O)c3[nH]c(=O)n(CC(=O)Nc4ccc(C)cc4)c3O)c2)cc1. The lowest BCUT2D eigenvalue weighted by Gasteiger charge is -2.12. The van der Waals surface area contributed by atoms with Gasteiger partial charge in [0.25, 0.3) is 0 Å². The molecule has 34 heavy (non-hydrogen) atoms. The summed E-state index contributed by atoms with van der Waals surface area (Å²) >= 11 is 0.